The summed E-state index contributed by atoms with van der Waals surface area (Å²) in [5, 5.41) is 2.27. The minimum atomic E-state index is -3.92. The maximum Gasteiger partial charge on any atom is 0.339 e. The first-order valence-electron chi connectivity index (χ1n) is 9.26. The minimum Gasteiger partial charge on any atom is -0.497 e. The largest absolute Gasteiger partial charge is 0.497 e. The van der Waals surface area contributed by atoms with Crippen molar-refractivity contribution < 1.29 is 17.3 Å². The predicted molar refractivity (Wildman–Crippen MR) is 118 cm³/mol. The normalized spacial score (nSPS) is 11.6. The molecule has 0 saturated heterocycles. The lowest BCUT2D eigenvalue weighted by Gasteiger charge is -2.08. The molecule has 0 unspecified atom stereocenters. The molecule has 6 heteroatoms. The second kappa shape index (κ2) is 8.39. The second-order valence-corrected chi connectivity index (χ2v) is 8.08. The van der Waals surface area contributed by atoms with Gasteiger partial charge in [0.15, 0.2) is 0 Å². The quantitative estimate of drug-likeness (QED) is 0.313. The van der Waals surface area contributed by atoms with Crippen molar-refractivity contribution in [2.24, 2.45) is 4.99 Å². The number of rotatable bonds is 6. The molecule has 0 amide bonds. The zero-order valence-electron chi connectivity index (χ0n) is 16.2. The third kappa shape index (κ3) is 4.34. The molecule has 0 saturated carbocycles. The van der Waals surface area contributed by atoms with Crippen LogP contribution in [0.1, 0.15) is 5.56 Å². The Morgan fingerprint density at radius 2 is 1.43 bits per heavy atom. The molecular formula is C24H19NO4S. The fourth-order valence-electron chi connectivity index (χ4n) is 3.01. The third-order valence-electron chi connectivity index (χ3n) is 4.57. The van der Waals surface area contributed by atoms with Gasteiger partial charge in [-0.1, -0.05) is 42.5 Å². The monoisotopic (exact) mass is 417 g/mol. The molecule has 4 aromatic rings. The van der Waals surface area contributed by atoms with E-state index in [-0.39, 0.29) is 10.6 Å². The molecule has 0 atom stereocenters. The molecule has 0 radical (unpaired) electrons. The van der Waals surface area contributed by atoms with Crippen LogP contribution < -0.4 is 8.92 Å². The molecule has 0 aliphatic heterocycles. The van der Waals surface area contributed by atoms with Gasteiger partial charge in [-0.3, -0.25) is 4.99 Å². The average molecular weight is 417 g/mol. The van der Waals surface area contributed by atoms with Gasteiger partial charge in [-0.05, 0) is 59.3 Å². The number of hydrogen-bond acceptors (Lipinski definition) is 5. The van der Waals surface area contributed by atoms with E-state index in [1.165, 1.54) is 19.2 Å². The van der Waals surface area contributed by atoms with Gasteiger partial charge < -0.3 is 8.92 Å². The van der Waals surface area contributed by atoms with Gasteiger partial charge in [0.05, 0.1) is 12.8 Å². The SMILES string of the molecule is COc1ccc(S(=O)(=O)Oc2ccc(N=Cc3cccc4ccccc34)cc2)cc1. The van der Waals surface area contributed by atoms with Crippen molar-refractivity contribution in [2.45, 2.75) is 4.90 Å². The summed E-state index contributed by atoms with van der Waals surface area (Å²) in [7, 11) is -2.41. The summed E-state index contributed by atoms with van der Waals surface area (Å²) in [4.78, 5) is 4.55. The summed E-state index contributed by atoms with van der Waals surface area (Å²) < 4.78 is 35.1. The number of hydrogen-bond donors (Lipinski definition) is 0. The zero-order chi connectivity index (χ0) is 21.0. The lowest BCUT2D eigenvalue weighted by Crippen LogP contribution is -2.09. The van der Waals surface area contributed by atoms with Crippen LogP contribution >= 0.6 is 0 Å². The van der Waals surface area contributed by atoms with Crippen LogP contribution in [0, 0.1) is 0 Å². The molecule has 4 aromatic carbocycles. The lowest BCUT2D eigenvalue weighted by atomic mass is 10.1. The Bertz CT molecular complexity index is 1290. The molecule has 0 aliphatic rings. The number of benzene rings is 4. The summed E-state index contributed by atoms with van der Waals surface area (Å²) in [6.45, 7) is 0. The summed E-state index contributed by atoms with van der Waals surface area (Å²) in [5.74, 6) is 0.789. The van der Waals surface area contributed by atoms with Crippen LogP contribution in [0.25, 0.3) is 10.8 Å². The molecule has 30 heavy (non-hydrogen) atoms. The first-order valence-corrected chi connectivity index (χ1v) is 10.7. The van der Waals surface area contributed by atoms with Crippen molar-refractivity contribution in [3.8, 4) is 11.5 Å². The number of aliphatic imine (C=N–C) groups is 1. The van der Waals surface area contributed by atoms with E-state index in [9.17, 15) is 8.42 Å². The molecule has 0 N–H and O–H groups in total. The molecule has 5 nitrogen and oxygen atoms in total. The summed E-state index contributed by atoms with van der Waals surface area (Å²) >= 11 is 0. The van der Waals surface area contributed by atoms with Gasteiger partial charge in [0.2, 0.25) is 0 Å². The van der Waals surface area contributed by atoms with Gasteiger partial charge in [-0.15, -0.1) is 0 Å². The fraction of sp³-hybridized carbons (Fsp3) is 0.0417. The van der Waals surface area contributed by atoms with Crippen molar-refractivity contribution in [3.63, 3.8) is 0 Å². The number of ether oxygens (including phenoxy) is 1. The molecule has 0 fully saturated rings. The van der Waals surface area contributed by atoms with Gasteiger partial charge in [0, 0.05) is 11.8 Å². The standard InChI is InChI=1S/C24H19NO4S/c1-28-21-13-15-23(16-14-21)30(26,27)29-22-11-9-20(10-12-22)25-17-19-7-4-6-18-5-2-3-8-24(18)19/h2-17H,1H3. The zero-order valence-corrected chi connectivity index (χ0v) is 17.0. The maximum absolute atomic E-state index is 12.4. The van der Waals surface area contributed by atoms with Crippen LogP contribution in [0.3, 0.4) is 0 Å². The third-order valence-corrected chi connectivity index (χ3v) is 5.83. The first kappa shape index (κ1) is 19.7. The molecule has 0 heterocycles. The van der Waals surface area contributed by atoms with E-state index in [0.29, 0.717) is 11.4 Å². The van der Waals surface area contributed by atoms with Crippen LogP contribution in [-0.2, 0) is 10.1 Å². The number of fused-ring (bicyclic) bond motifs is 1. The highest BCUT2D eigenvalue weighted by Gasteiger charge is 2.16. The highest BCUT2D eigenvalue weighted by atomic mass is 32.2. The Morgan fingerprint density at radius 1 is 0.767 bits per heavy atom. The van der Waals surface area contributed by atoms with Crippen molar-refractivity contribution in [2.75, 3.05) is 7.11 Å². The topological polar surface area (TPSA) is 65.0 Å². The average Bonchev–Trinajstić information content (AvgIpc) is 2.78. The molecule has 4 rings (SSSR count). The van der Waals surface area contributed by atoms with E-state index >= 15 is 0 Å². The molecule has 150 valence electrons. The summed E-state index contributed by atoms with van der Waals surface area (Å²) in [6.07, 6.45) is 1.80. The maximum atomic E-state index is 12.4. The van der Waals surface area contributed by atoms with Crippen LogP contribution in [0.2, 0.25) is 0 Å². The number of methoxy groups -OCH3 is 1. The van der Waals surface area contributed by atoms with Crippen LogP contribution in [0.5, 0.6) is 11.5 Å². The second-order valence-electron chi connectivity index (χ2n) is 6.53. The Kier molecular flexibility index (Phi) is 5.50. The van der Waals surface area contributed by atoms with E-state index in [1.807, 2.05) is 24.3 Å². The van der Waals surface area contributed by atoms with Crippen LogP contribution in [-0.4, -0.2) is 21.7 Å². The highest BCUT2D eigenvalue weighted by molar-refractivity contribution is 7.87. The summed E-state index contributed by atoms with van der Waals surface area (Å²) in [5.41, 5.74) is 1.70. The smallest absolute Gasteiger partial charge is 0.339 e. The van der Waals surface area contributed by atoms with Crippen molar-refractivity contribution >= 4 is 32.8 Å². The van der Waals surface area contributed by atoms with Gasteiger partial charge in [0.25, 0.3) is 0 Å². The van der Waals surface area contributed by atoms with E-state index in [4.69, 9.17) is 8.92 Å². The van der Waals surface area contributed by atoms with Crippen molar-refractivity contribution in [3.05, 3.63) is 96.6 Å². The van der Waals surface area contributed by atoms with E-state index in [2.05, 4.69) is 23.2 Å². The van der Waals surface area contributed by atoms with Gasteiger partial charge in [0.1, 0.15) is 16.4 Å². The lowest BCUT2D eigenvalue weighted by molar-refractivity contribution is 0.414. The summed E-state index contributed by atoms with van der Waals surface area (Å²) in [6, 6.07) is 26.8. The van der Waals surface area contributed by atoms with Crippen molar-refractivity contribution in [1.29, 1.82) is 0 Å². The van der Waals surface area contributed by atoms with Crippen LogP contribution in [0.4, 0.5) is 5.69 Å². The Labute approximate surface area is 175 Å². The minimum absolute atomic E-state index is 0.0568. The molecule has 0 bridgehead atoms. The van der Waals surface area contributed by atoms with Crippen LogP contribution in [0.15, 0.2) is 101 Å². The first-order chi connectivity index (χ1) is 14.5. The Balaban J connectivity index is 1.50. The predicted octanol–water partition coefficient (Wildman–Crippen LogP) is 5.37. The van der Waals surface area contributed by atoms with E-state index in [1.54, 1.807) is 42.6 Å². The molecule has 0 spiro atoms. The molecule has 0 aromatic heterocycles. The van der Waals surface area contributed by atoms with Gasteiger partial charge in [-0.2, -0.15) is 8.42 Å². The Morgan fingerprint density at radius 3 is 2.17 bits per heavy atom. The van der Waals surface area contributed by atoms with E-state index < -0.39 is 10.1 Å². The Hall–Kier alpha value is -3.64. The number of nitrogens with zero attached hydrogens (tertiary/aromatic N) is 1. The van der Waals surface area contributed by atoms with Crippen molar-refractivity contribution in [1.82, 2.24) is 0 Å². The van der Waals surface area contributed by atoms with Gasteiger partial charge in [-0.25, -0.2) is 0 Å². The van der Waals surface area contributed by atoms with Gasteiger partial charge >= 0.3 is 10.1 Å². The highest BCUT2D eigenvalue weighted by Crippen LogP contribution is 2.24. The molecule has 0 aliphatic carbocycles. The fourth-order valence-corrected chi connectivity index (χ4v) is 3.94. The molecular weight excluding hydrogens is 398 g/mol. The van der Waals surface area contributed by atoms with E-state index in [0.717, 1.165) is 16.3 Å².